The normalized spacial score (nSPS) is 9.39. The number of ether oxygens (including phenoxy) is 2. The number of likely N-dealkylation sites (N-methyl/N-ethyl adjacent to an activating group) is 1. The fourth-order valence-corrected chi connectivity index (χ4v) is 1.43. The van der Waals surface area contributed by atoms with E-state index in [0.717, 1.165) is 0 Å². The number of benzene rings is 1. The first-order valence-corrected chi connectivity index (χ1v) is 5.63. The van der Waals surface area contributed by atoms with Crippen molar-refractivity contribution in [3.8, 4) is 17.6 Å². The van der Waals surface area contributed by atoms with Gasteiger partial charge < -0.3 is 14.4 Å². The minimum absolute atomic E-state index is 0.0740. The summed E-state index contributed by atoms with van der Waals surface area (Å²) in [5.41, 5.74) is 0. The molecule has 0 radical (unpaired) electrons. The van der Waals surface area contributed by atoms with Crippen molar-refractivity contribution in [3.63, 3.8) is 0 Å². The maximum absolute atomic E-state index is 11.7. The summed E-state index contributed by atoms with van der Waals surface area (Å²) in [4.78, 5) is 13.2. The summed E-state index contributed by atoms with van der Waals surface area (Å²) in [7, 11) is 1.54. The molecule has 18 heavy (non-hydrogen) atoms. The highest BCUT2D eigenvalue weighted by molar-refractivity contribution is 5.78. The van der Waals surface area contributed by atoms with Crippen LogP contribution in [0, 0.1) is 11.3 Å². The molecule has 0 saturated heterocycles. The van der Waals surface area contributed by atoms with E-state index in [4.69, 9.17) is 14.7 Å². The van der Waals surface area contributed by atoms with Crippen LogP contribution >= 0.6 is 0 Å². The molecule has 0 heterocycles. The maximum Gasteiger partial charge on any atom is 0.261 e. The Hall–Kier alpha value is -2.22. The van der Waals surface area contributed by atoms with Crippen molar-refractivity contribution < 1.29 is 14.3 Å². The number of carbonyl (C=O) groups is 1. The molecule has 0 aliphatic carbocycles. The van der Waals surface area contributed by atoms with Crippen molar-refractivity contribution in [2.75, 3.05) is 26.8 Å². The molecule has 0 aromatic heterocycles. The van der Waals surface area contributed by atoms with Gasteiger partial charge in [-0.25, -0.2) is 0 Å². The lowest BCUT2D eigenvalue weighted by Crippen LogP contribution is -2.35. The van der Waals surface area contributed by atoms with E-state index in [1.54, 1.807) is 18.2 Å². The SMILES string of the molecule is CCN(CC#N)C(=O)COc1ccccc1OC. The minimum atomic E-state index is -0.218. The number of methoxy groups -OCH3 is 1. The first-order valence-electron chi connectivity index (χ1n) is 5.63. The molecule has 0 spiro atoms. The van der Waals surface area contributed by atoms with Gasteiger partial charge in [0.25, 0.3) is 5.91 Å². The van der Waals surface area contributed by atoms with Gasteiger partial charge in [-0.05, 0) is 19.1 Å². The van der Waals surface area contributed by atoms with Crippen molar-refractivity contribution in [2.45, 2.75) is 6.92 Å². The highest BCUT2D eigenvalue weighted by Gasteiger charge is 2.12. The van der Waals surface area contributed by atoms with E-state index in [-0.39, 0.29) is 19.1 Å². The number of hydrogen-bond donors (Lipinski definition) is 0. The second-order valence-corrected chi connectivity index (χ2v) is 3.51. The fraction of sp³-hybridized carbons (Fsp3) is 0.385. The predicted octanol–water partition coefficient (Wildman–Crippen LogP) is 1.45. The number of hydrogen-bond acceptors (Lipinski definition) is 4. The van der Waals surface area contributed by atoms with Gasteiger partial charge in [0.15, 0.2) is 18.1 Å². The quantitative estimate of drug-likeness (QED) is 0.715. The number of amides is 1. The number of carbonyl (C=O) groups excluding carboxylic acids is 1. The molecule has 5 nitrogen and oxygen atoms in total. The van der Waals surface area contributed by atoms with Crippen LogP contribution in [0.15, 0.2) is 24.3 Å². The molecule has 0 aliphatic heterocycles. The molecule has 0 atom stereocenters. The highest BCUT2D eigenvalue weighted by atomic mass is 16.5. The van der Waals surface area contributed by atoms with Crippen molar-refractivity contribution in [1.82, 2.24) is 4.90 Å². The fourth-order valence-electron chi connectivity index (χ4n) is 1.43. The van der Waals surface area contributed by atoms with E-state index in [2.05, 4.69) is 0 Å². The molecular weight excluding hydrogens is 232 g/mol. The zero-order valence-corrected chi connectivity index (χ0v) is 10.5. The Kier molecular flexibility index (Phi) is 5.52. The molecule has 1 aromatic carbocycles. The molecular formula is C13H16N2O3. The number of rotatable bonds is 6. The molecule has 0 N–H and O–H groups in total. The van der Waals surface area contributed by atoms with Crippen molar-refractivity contribution in [1.29, 1.82) is 5.26 Å². The lowest BCUT2D eigenvalue weighted by atomic mass is 10.3. The number of para-hydroxylation sites is 2. The third-order valence-corrected chi connectivity index (χ3v) is 2.42. The molecule has 1 aromatic rings. The third-order valence-electron chi connectivity index (χ3n) is 2.42. The molecule has 0 saturated carbocycles. The van der Waals surface area contributed by atoms with E-state index >= 15 is 0 Å². The van der Waals surface area contributed by atoms with Gasteiger partial charge in [0.05, 0.1) is 13.2 Å². The summed E-state index contributed by atoms with van der Waals surface area (Å²) in [5, 5.41) is 8.58. The van der Waals surface area contributed by atoms with Crippen molar-refractivity contribution in [3.05, 3.63) is 24.3 Å². The highest BCUT2D eigenvalue weighted by Crippen LogP contribution is 2.25. The predicted molar refractivity (Wildman–Crippen MR) is 66.4 cm³/mol. The van der Waals surface area contributed by atoms with Gasteiger partial charge >= 0.3 is 0 Å². The van der Waals surface area contributed by atoms with E-state index in [9.17, 15) is 4.79 Å². The third kappa shape index (κ3) is 3.67. The Balaban J connectivity index is 2.59. The number of nitriles is 1. The molecule has 0 bridgehead atoms. The van der Waals surface area contributed by atoms with Gasteiger partial charge in [0.1, 0.15) is 6.54 Å². The van der Waals surface area contributed by atoms with Crippen LogP contribution in [-0.4, -0.2) is 37.6 Å². The molecule has 0 unspecified atom stereocenters. The van der Waals surface area contributed by atoms with Gasteiger partial charge in [-0.1, -0.05) is 12.1 Å². The minimum Gasteiger partial charge on any atom is -0.493 e. The van der Waals surface area contributed by atoms with Gasteiger partial charge in [-0.3, -0.25) is 4.79 Å². The maximum atomic E-state index is 11.7. The van der Waals surface area contributed by atoms with Gasteiger partial charge in [-0.2, -0.15) is 5.26 Å². The largest absolute Gasteiger partial charge is 0.493 e. The lowest BCUT2D eigenvalue weighted by molar-refractivity contribution is -0.132. The Morgan fingerprint density at radius 2 is 2.06 bits per heavy atom. The van der Waals surface area contributed by atoms with E-state index in [1.807, 2.05) is 19.1 Å². The summed E-state index contributed by atoms with van der Waals surface area (Å²) in [5.74, 6) is 0.875. The molecule has 0 fully saturated rings. The summed E-state index contributed by atoms with van der Waals surface area (Å²) >= 11 is 0. The summed E-state index contributed by atoms with van der Waals surface area (Å²) in [6, 6.07) is 9.05. The van der Waals surface area contributed by atoms with Crippen molar-refractivity contribution in [2.24, 2.45) is 0 Å². The molecule has 1 rings (SSSR count). The first kappa shape index (κ1) is 13.8. The van der Waals surface area contributed by atoms with Crippen LogP contribution in [0.3, 0.4) is 0 Å². The molecule has 0 aliphatic rings. The Labute approximate surface area is 107 Å². The van der Waals surface area contributed by atoms with E-state index in [1.165, 1.54) is 12.0 Å². The zero-order chi connectivity index (χ0) is 13.4. The van der Waals surface area contributed by atoms with Crippen molar-refractivity contribution >= 4 is 5.91 Å². The van der Waals surface area contributed by atoms with Crippen LogP contribution in [0.2, 0.25) is 0 Å². The zero-order valence-electron chi connectivity index (χ0n) is 10.5. The summed E-state index contributed by atoms with van der Waals surface area (Å²) in [6.45, 7) is 2.28. The Morgan fingerprint density at radius 3 is 2.61 bits per heavy atom. The lowest BCUT2D eigenvalue weighted by Gasteiger charge is -2.17. The van der Waals surface area contributed by atoms with Crippen LogP contribution in [0.5, 0.6) is 11.5 Å². The Bertz CT molecular complexity index is 440. The average Bonchev–Trinajstić information content (AvgIpc) is 2.42. The van der Waals surface area contributed by atoms with E-state index in [0.29, 0.717) is 18.0 Å². The van der Waals surface area contributed by atoms with Gasteiger partial charge in [-0.15, -0.1) is 0 Å². The van der Waals surface area contributed by atoms with Gasteiger partial charge in [0.2, 0.25) is 0 Å². The Morgan fingerprint density at radius 1 is 1.39 bits per heavy atom. The number of nitrogens with zero attached hydrogens (tertiary/aromatic N) is 2. The summed E-state index contributed by atoms with van der Waals surface area (Å²) < 4.78 is 10.5. The monoisotopic (exact) mass is 248 g/mol. The van der Waals surface area contributed by atoms with Crippen LogP contribution in [0.4, 0.5) is 0 Å². The average molecular weight is 248 g/mol. The second-order valence-electron chi connectivity index (χ2n) is 3.51. The molecule has 96 valence electrons. The summed E-state index contributed by atoms with van der Waals surface area (Å²) in [6.07, 6.45) is 0. The smallest absolute Gasteiger partial charge is 0.261 e. The second kappa shape index (κ2) is 7.17. The van der Waals surface area contributed by atoms with Crippen LogP contribution < -0.4 is 9.47 Å². The molecule has 1 amide bonds. The van der Waals surface area contributed by atoms with E-state index < -0.39 is 0 Å². The molecule has 5 heteroatoms. The van der Waals surface area contributed by atoms with Gasteiger partial charge in [0, 0.05) is 6.54 Å². The standard InChI is InChI=1S/C13H16N2O3/c1-3-15(9-8-14)13(16)10-18-12-7-5-4-6-11(12)17-2/h4-7H,3,9-10H2,1-2H3. The topological polar surface area (TPSA) is 62.6 Å². The van der Waals surface area contributed by atoms with Crippen LogP contribution in [-0.2, 0) is 4.79 Å². The first-order chi connectivity index (χ1) is 8.72. The van der Waals surface area contributed by atoms with Crippen LogP contribution in [0.1, 0.15) is 6.92 Å². The van der Waals surface area contributed by atoms with Crippen LogP contribution in [0.25, 0.3) is 0 Å².